The Bertz CT molecular complexity index is 544. The number of benzene rings is 2. The molecule has 0 fully saturated rings. The first-order valence-corrected chi connectivity index (χ1v) is 5.27. The summed E-state index contributed by atoms with van der Waals surface area (Å²) < 4.78 is 0. The number of hydrogen-bond donors (Lipinski definition) is 1. The molecule has 0 radical (unpaired) electrons. The molecule has 0 spiro atoms. The Morgan fingerprint density at radius 3 is 2.35 bits per heavy atom. The third kappa shape index (κ3) is 2.45. The summed E-state index contributed by atoms with van der Waals surface area (Å²) in [6.07, 6.45) is 0. The van der Waals surface area contributed by atoms with Crippen molar-refractivity contribution in [1.82, 2.24) is 0 Å². The van der Waals surface area contributed by atoms with E-state index in [4.69, 9.17) is 11.3 Å². The van der Waals surface area contributed by atoms with Crippen LogP contribution in [0.2, 0.25) is 0 Å². The van der Waals surface area contributed by atoms with Crippen LogP contribution in [0.5, 0.6) is 0 Å². The van der Waals surface area contributed by atoms with Crippen molar-refractivity contribution < 1.29 is 0 Å². The highest BCUT2D eigenvalue weighted by molar-refractivity contribution is 5.50. The van der Waals surface area contributed by atoms with Gasteiger partial charge in [-0.1, -0.05) is 59.7 Å². The second-order valence-electron chi connectivity index (χ2n) is 3.64. The summed E-state index contributed by atoms with van der Waals surface area (Å²) >= 11 is 0. The van der Waals surface area contributed by atoms with E-state index in [1.165, 1.54) is 0 Å². The molecule has 0 heterocycles. The number of nitrogens with zero attached hydrogens (tertiary/aromatic N) is 3. The van der Waals surface area contributed by atoms with Crippen LogP contribution in [0.4, 0.5) is 5.69 Å². The smallest absolute Gasteiger partial charge is 0.0556 e. The number of hydrogen-bond acceptors (Lipinski definition) is 2. The molecule has 0 aliphatic heterocycles. The van der Waals surface area contributed by atoms with E-state index in [0.717, 1.165) is 11.1 Å². The van der Waals surface area contributed by atoms with Crippen LogP contribution in [0.3, 0.4) is 0 Å². The first-order valence-electron chi connectivity index (χ1n) is 5.27. The lowest BCUT2D eigenvalue weighted by Crippen LogP contribution is -2.11. The van der Waals surface area contributed by atoms with Gasteiger partial charge in [0.2, 0.25) is 0 Å². The molecule has 0 amide bonds. The summed E-state index contributed by atoms with van der Waals surface area (Å²) in [7, 11) is 0. The zero-order valence-corrected chi connectivity index (χ0v) is 9.19. The molecular weight excluding hydrogens is 212 g/mol. The summed E-state index contributed by atoms with van der Waals surface area (Å²) in [5.74, 6) is 0. The van der Waals surface area contributed by atoms with Crippen molar-refractivity contribution in [3.05, 3.63) is 76.2 Å². The standard InChI is InChI=1S/C13H12N4/c14-13(10-6-2-1-3-7-10)11-8-4-5-9-12(11)16-17-15/h1-9,13H,14H2/t13-/m0/s1. The minimum atomic E-state index is -0.280. The van der Waals surface area contributed by atoms with Crippen LogP contribution in [0, 0.1) is 0 Å². The summed E-state index contributed by atoms with van der Waals surface area (Å²) in [6, 6.07) is 16.8. The van der Waals surface area contributed by atoms with Crippen LogP contribution in [-0.4, -0.2) is 0 Å². The molecule has 0 aliphatic rings. The summed E-state index contributed by atoms with van der Waals surface area (Å²) in [5, 5.41) is 3.65. The Balaban J connectivity index is 2.44. The first kappa shape index (κ1) is 11.2. The highest BCUT2D eigenvalue weighted by Gasteiger charge is 2.11. The molecule has 0 saturated carbocycles. The molecule has 0 aromatic heterocycles. The van der Waals surface area contributed by atoms with Crippen LogP contribution in [-0.2, 0) is 0 Å². The molecule has 4 heteroatoms. The zero-order chi connectivity index (χ0) is 12.1. The normalized spacial score (nSPS) is 11.6. The molecule has 17 heavy (non-hydrogen) atoms. The number of azide groups is 1. The third-order valence-corrected chi connectivity index (χ3v) is 2.58. The van der Waals surface area contributed by atoms with Crippen molar-refractivity contribution in [2.24, 2.45) is 10.8 Å². The van der Waals surface area contributed by atoms with Gasteiger partial charge in [0.05, 0.1) is 6.04 Å². The van der Waals surface area contributed by atoms with E-state index in [0.29, 0.717) is 5.69 Å². The maximum Gasteiger partial charge on any atom is 0.0556 e. The lowest BCUT2D eigenvalue weighted by molar-refractivity contribution is 0.871. The number of rotatable bonds is 3. The van der Waals surface area contributed by atoms with Gasteiger partial charge in [0, 0.05) is 10.6 Å². The predicted molar refractivity (Wildman–Crippen MR) is 67.7 cm³/mol. The van der Waals surface area contributed by atoms with Gasteiger partial charge in [-0.3, -0.25) is 0 Å². The summed E-state index contributed by atoms with van der Waals surface area (Å²) in [4.78, 5) is 2.81. The van der Waals surface area contributed by atoms with Crippen molar-refractivity contribution in [2.75, 3.05) is 0 Å². The quantitative estimate of drug-likeness (QED) is 0.482. The molecule has 0 unspecified atom stereocenters. The largest absolute Gasteiger partial charge is 0.320 e. The molecule has 0 aliphatic carbocycles. The van der Waals surface area contributed by atoms with Gasteiger partial charge in [-0.15, -0.1) is 0 Å². The highest BCUT2D eigenvalue weighted by atomic mass is 15.1. The maximum absolute atomic E-state index is 8.51. The van der Waals surface area contributed by atoms with Crippen LogP contribution in [0.25, 0.3) is 10.4 Å². The van der Waals surface area contributed by atoms with E-state index >= 15 is 0 Å². The lowest BCUT2D eigenvalue weighted by Gasteiger charge is -2.14. The minimum Gasteiger partial charge on any atom is -0.320 e. The average molecular weight is 224 g/mol. The Kier molecular flexibility index (Phi) is 3.40. The molecule has 84 valence electrons. The van der Waals surface area contributed by atoms with Crippen LogP contribution in [0.1, 0.15) is 17.2 Å². The van der Waals surface area contributed by atoms with Crippen LogP contribution >= 0.6 is 0 Å². The summed E-state index contributed by atoms with van der Waals surface area (Å²) in [6.45, 7) is 0. The van der Waals surface area contributed by atoms with E-state index in [1.54, 1.807) is 6.07 Å². The monoisotopic (exact) mass is 224 g/mol. The Morgan fingerprint density at radius 2 is 1.65 bits per heavy atom. The molecule has 1 atom stereocenters. The maximum atomic E-state index is 8.51. The van der Waals surface area contributed by atoms with E-state index in [2.05, 4.69) is 10.0 Å². The van der Waals surface area contributed by atoms with Crippen molar-refractivity contribution in [1.29, 1.82) is 0 Å². The molecular formula is C13H12N4. The van der Waals surface area contributed by atoms with Gasteiger partial charge in [0.25, 0.3) is 0 Å². The van der Waals surface area contributed by atoms with Gasteiger partial charge >= 0.3 is 0 Å². The topological polar surface area (TPSA) is 74.8 Å². The Labute approximate surface area is 99.3 Å². The van der Waals surface area contributed by atoms with Gasteiger partial charge < -0.3 is 5.73 Å². The van der Waals surface area contributed by atoms with E-state index in [9.17, 15) is 0 Å². The average Bonchev–Trinajstić information content (AvgIpc) is 2.40. The molecule has 2 N–H and O–H groups in total. The van der Waals surface area contributed by atoms with Gasteiger partial charge in [0.1, 0.15) is 0 Å². The Morgan fingerprint density at radius 1 is 1.00 bits per heavy atom. The van der Waals surface area contributed by atoms with Crippen molar-refractivity contribution in [2.45, 2.75) is 6.04 Å². The fourth-order valence-electron chi connectivity index (χ4n) is 1.73. The predicted octanol–water partition coefficient (Wildman–Crippen LogP) is 3.68. The second-order valence-corrected chi connectivity index (χ2v) is 3.64. The lowest BCUT2D eigenvalue weighted by atomic mass is 9.98. The van der Waals surface area contributed by atoms with E-state index < -0.39 is 0 Å². The molecule has 0 bridgehead atoms. The van der Waals surface area contributed by atoms with Crippen molar-refractivity contribution in [3.63, 3.8) is 0 Å². The van der Waals surface area contributed by atoms with Gasteiger partial charge in [-0.2, -0.15) is 0 Å². The fraction of sp³-hybridized carbons (Fsp3) is 0.0769. The third-order valence-electron chi connectivity index (χ3n) is 2.58. The number of nitrogens with two attached hydrogens (primary N) is 1. The van der Waals surface area contributed by atoms with E-state index in [-0.39, 0.29) is 6.04 Å². The van der Waals surface area contributed by atoms with Crippen LogP contribution < -0.4 is 5.73 Å². The molecule has 2 rings (SSSR count). The SMILES string of the molecule is [N-]=[N+]=Nc1ccccc1[C@@H](N)c1ccccc1. The van der Waals surface area contributed by atoms with Crippen molar-refractivity contribution in [3.8, 4) is 0 Å². The van der Waals surface area contributed by atoms with Gasteiger partial charge in [0.15, 0.2) is 0 Å². The molecule has 4 nitrogen and oxygen atoms in total. The van der Waals surface area contributed by atoms with Crippen LogP contribution in [0.15, 0.2) is 59.7 Å². The summed E-state index contributed by atoms with van der Waals surface area (Å²) in [5.41, 5.74) is 17.1. The van der Waals surface area contributed by atoms with Crippen molar-refractivity contribution >= 4 is 5.69 Å². The Hall–Kier alpha value is -2.29. The molecule has 2 aromatic rings. The molecule has 0 saturated heterocycles. The minimum absolute atomic E-state index is 0.280. The highest BCUT2D eigenvalue weighted by Crippen LogP contribution is 2.28. The fourth-order valence-corrected chi connectivity index (χ4v) is 1.73. The molecule has 2 aromatic carbocycles. The van der Waals surface area contributed by atoms with Gasteiger partial charge in [-0.25, -0.2) is 0 Å². The van der Waals surface area contributed by atoms with E-state index in [1.807, 2.05) is 48.5 Å². The van der Waals surface area contributed by atoms with Gasteiger partial charge in [-0.05, 0) is 16.7 Å². The second kappa shape index (κ2) is 5.16. The zero-order valence-electron chi connectivity index (χ0n) is 9.19. The first-order chi connectivity index (χ1) is 8.33.